The molecule has 0 aliphatic carbocycles. The van der Waals surface area contributed by atoms with Gasteiger partial charge in [0.15, 0.2) is 0 Å². The topological polar surface area (TPSA) is 142 Å². The van der Waals surface area contributed by atoms with Crippen LogP contribution in [0.15, 0.2) is 35.2 Å². The molecule has 0 unspecified atom stereocenters. The second-order valence-electron chi connectivity index (χ2n) is 5.86. The van der Waals surface area contributed by atoms with E-state index in [2.05, 4.69) is 9.97 Å². The summed E-state index contributed by atoms with van der Waals surface area (Å²) in [5.74, 6) is -2.61. The molecule has 2 N–H and O–H groups in total. The number of urea groups is 1. The molecule has 2 heterocycles. The number of para-hydroxylation sites is 1. The highest BCUT2D eigenvalue weighted by molar-refractivity contribution is 7.90. The number of aryl methyl sites for hydroxylation is 1. The lowest BCUT2D eigenvalue weighted by molar-refractivity contribution is 0.0585. The highest BCUT2D eigenvalue weighted by Gasteiger charge is 2.32. The van der Waals surface area contributed by atoms with Crippen LogP contribution >= 0.6 is 0 Å². The molecule has 0 aliphatic rings. The molecule has 0 saturated carbocycles. The van der Waals surface area contributed by atoms with E-state index >= 15 is 0 Å². The molecule has 0 atom stereocenters. The first-order valence-corrected chi connectivity index (χ1v) is 9.74. The number of amides is 2. The molecule has 11 nitrogen and oxygen atoms in total. The number of ether oxygens (including phenoxy) is 2. The van der Waals surface area contributed by atoms with E-state index in [9.17, 15) is 22.4 Å². The Kier molecular flexibility index (Phi) is 5.56. The number of aromatic nitrogens is 3. The number of halogens is 1. The van der Waals surface area contributed by atoms with Gasteiger partial charge in [0.2, 0.25) is 17.8 Å². The number of anilines is 1. The summed E-state index contributed by atoms with van der Waals surface area (Å²) >= 11 is 0. The number of nitrogens with one attached hydrogen (secondary N) is 2. The van der Waals surface area contributed by atoms with E-state index in [0.29, 0.717) is 5.52 Å². The van der Waals surface area contributed by atoms with E-state index < -0.39 is 38.8 Å². The van der Waals surface area contributed by atoms with Gasteiger partial charge in [0, 0.05) is 18.0 Å². The highest BCUT2D eigenvalue weighted by atomic mass is 32.2. The summed E-state index contributed by atoms with van der Waals surface area (Å²) in [7, 11) is -0.745. The van der Waals surface area contributed by atoms with Crippen molar-refractivity contribution in [3.8, 4) is 5.88 Å². The maximum Gasteiger partial charge on any atom is 0.356 e. The Labute approximate surface area is 169 Å². The van der Waals surface area contributed by atoms with Gasteiger partial charge in [-0.1, -0.05) is 18.2 Å². The van der Waals surface area contributed by atoms with Crippen molar-refractivity contribution in [1.82, 2.24) is 19.3 Å². The van der Waals surface area contributed by atoms with Crippen LogP contribution in [0, 0.1) is 5.95 Å². The lowest BCUT2D eigenvalue weighted by Gasteiger charge is -2.10. The monoisotopic (exact) mass is 437 g/mol. The van der Waals surface area contributed by atoms with Crippen molar-refractivity contribution in [3.05, 3.63) is 42.0 Å². The molecule has 13 heteroatoms. The summed E-state index contributed by atoms with van der Waals surface area (Å²) in [6.45, 7) is 0. The smallest absolute Gasteiger partial charge is 0.356 e. The molecule has 0 spiro atoms. The van der Waals surface area contributed by atoms with E-state index in [-0.39, 0.29) is 17.0 Å². The largest absolute Gasteiger partial charge is 0.481 e. The summed E-state index contributed by atoms with van der Waals surface area (Å²) in [6.07, 6.45) is 0. The van der Waals surface area contributed by atoms with Crippen LogP contribution in [0.4, 0.5) is 15.1 Å². The van der Waals surface area contributed by atoms with Gasteiger partial charge in [-0.25, -0.2) is 22.7 Å². The zero-order valence-electron chi connectivity index (χ0n) is 16.0. The second-order valence-corrected chi connectivity index (χ2v) is 7.48. The third kappa shape index (κ3) is 3.87. The van der Waals surface area contributed by atoms with Crippen LogP contribution in [0.25, 0.3) is 10.9 Å². The maximum absolute atomic E-state index is 13.5. The molecule has 30 heavy (non-hydrogen) atoms. The minimum Gasteiger partial charge on any atom is -0.481 e. The summed E-state index contributed by atoms with van der Waals surface area (Å²) in [6, 6.07) is 5.93. The Morgan fingerprint density at radius 1 is 1.17 bits per heavy atom. The lowest BCUT2D eigenvalue weighted by Crippen LogP contribution is -2.35. The number of rotatable bonds is 5. The molecule has 2 amide bonds. The third-order valence-electron chi connectivity index (χ3n) is 4.04. The van der Waals surface area contributed by atoms with Crippen molar-refractivity contribution in [2.45, 2.75) is 4.90 Å². The fourth-order valence-electron chi connectivity index (χ4n) is 2.81. The van der Waals surface area contributed by atoms with Crippen molar-refractivity contribution in [2.75, 3.05) is 19.5 Å². The van der Waals surface area contributed by atoms with Gasteiger partial charge >= 0.3 is 12.0 Å². The Bertz CT molecular complexity index is 1260. The Hall–Kier alpha value is -3.74. The van der Waals surface area contributed by atoms with E-state index in [1.165, 1.54) is 24.8 Å². The second kappa shape index (κ2) is 7.94. The molecular weight excluding hydrogens is 421 g/mol. The van der Waals surface area contributed by atoms with Crippen LogP contribution in [-0.2, 0) is 21.8 Å². The molecule has 158 valence electrons. The number of hydrogen-bond acceptors (Lipinski definition) is 8. The number of carbonyl (C=O) groups excluding carboxylic acids is 2. The maximum atomic E-state index is 13.5. The average Bonchev–Trinajstić information content (AvgIpc) is 3.00. The molecular formula is C17H16FN5O6S. The molecule has 3 rings (SSSR count). The van der Waals surface area contributed by atoms with Crippen molar-refractivity contribution >= 4 is 38.9 Å². The number of fused-ring (bicyclic) bond motifs is 1. The number of esters is 1. The van der Waals surface area contributed by atoms with E-state index in [1.54, 1.807) is 22.9 Å². The van der Waals surface area contributed by atoms with Gasteiger partial charge in [-0.2, -0.15) is 14.4 Å². The fourth-order valence-corrected chi connectivity index (χ4v) is 4.15. The van der Waals surface area contributed by atoms with Crippen LogP contribution in [0.2, 0.25) is 0 Å². The average molecular weight is 437 g/mol. The molecule has 3 aromatic rings. The van der Waals surface area contributed by atoms with Crippen molar-refractivity contribution < 1.29 is 31.9 Å². The molecule has 0 aliphatic heterocycles. The molecule has 0 bridgehead atoms. The number of nitrogens with zero attached hydrogens (tertiary/aromatic N) is 3. The minimum absolute atomic E-state index is 0.178. The highest BCUT2D eigenvalue weighted by Crippen LogP contribution is 2.30. The van der Waals surface area contributed by atoms with Crippen LogP contribution in [0.1, 0.15) is 10.5 Å². The van der Waals surface area contributed by atoms with Gasteiger partial charge in [-0.05, 0) is 6.07 Å². The first kappa shape index (κ1) is 21.0. The van der Waals surface area contributed by atoms with Crippen molar-refractivity contribution in [3.63, 3.8) is 0 Å². The lowest BCUT2D eigenvalue weighted by atomic mass is 10.2. The summed E-state index contributed by atoms with van der Waals surface area (Å²) in [5, 5.41) is 2.20. The summed E-state index contributed by atoms with van der Waals surface area (Å²) < 4.78 is 51.9. The van der Waals surface area contributed by atoms with Crippen LogP contribution in [0.5, 0.6) is 5.88 Å². The molecule has 0 fully saturated rings. The van der Waals surface area contributed by atoms with Crippen LogP contribution < -0.4 is 14.8 Å². The predicted octanol–water partition coefficient (Wildman–Crippen LogP) is 1.41. The first-order valence-electron chi connectivity index (χ1n) is 8.26. The molecule has 0 saturated heterocycles. The first-order chi connectivity index (χ1) is 14.2. The van der Waals surface area contributed by atoms with Gasteiger partial charge in [0.05, 0.1) is 20.3 Å². The zero-order valence-corrected chi connectivity index (χ0v) is 16.8. The standard InChI is InChI=1S/C17H16FN5O6S/c1-23-10-7-5-4-6-9(10)14(13(23)15(24)29-3)30(26,27)22-17(25)21-16-19-11(18)8-12(20-16)28-2/h4-8H,1-3H3,(H2,19,20,21,22,25). The fraction of sp³-hybridized carbons (Fsp3) is 0.176. The molecule has 0 radical (unpaired) electrons. The van der Waals surface area contributed by atoms with Gasteiger partial charge < -0.3 is 14.0 Å². The van der Waals surface area contributed by atoms with Gasteiger partial charge in [-0.15, -0.1) is 0 Å². The Morgan fingerprint density at radius 3 is 2.53 bits per heavy atom. The van der Waals surface area contributed by atoms with Crippen LogP contribution in [-0.4, -0.2) is 49.2 Å². The Morgan fingerprint density at radius 2 is 1.87 bits per heavy atom. The van der Waals surface area contributed by atoms with Crippen molar-refractivity contribution in [1.29, 1.82) is 0 Å². The van der Waals surface area contributed by atoms with Gasteiger partial charge in [-0.3, -0.25) is 5.32 Å². The summed E-state index contributed by atoms with van der Waals surface area (Å²) in [5.41, 5.74) is 0.152. The number of methoxy groups -OCH3 is 2. The van der Waals surface area contributed by atoms with Gasteiger partial charge in [0.25, 0.3) is 10.0 Å². The zero-order chi connectivity index (χ0) is 22.1. The Balaban J connectivity index is 2.00. The number of hydrogen-bond donors (Lipinski definition) is 2. The number of sulfonamides is 1. The van der Waals surface area contributed by atoms with Crippen molar-refractivity contribution in [2.24, 2.45) is 7.05 Å². The van der Waals surface area contributed by atoms with E-state index in [4.69, 9.17) is 9.47 Å². The van der Waals surface area contributed by atoms with Crippen LogP contribution in [0.3, 0.4) is 0 Å². The predicted molar refractivity (Wildman–Crippen MR) is 102 cm³/mol. The normalized spacial score (nSPS) is 11.2. The summed E-state index contributed by atoms with van der Waals surface area (Å²) in [4.78, 5) is 31.1. The molecule has 2 aromatic heterocycles. The quantitative estimate of drug-likeness (QED) is 0.451. The van der Waals surface area contributed by atoms with Gasteiger partial charge in [0.1, 0.15) is 10.6 Å². The minimum atomic E-state index is -4.56. The number of carbonyl (C=O) groups is 2. The SMILES string of the molecule is COC(=O)c1c(S(=O)(=O)NC(=O)Nc2nc(F)cc(OC)n2)c2ccccc2n1C. The molecule has 1 aromatic carbocycles. The number of benzene rings is 1. The van der Waals surface area contributed by atoms with E-state index in [0.717, 1.165) is 13.2 Å². The third-order valence-corrected chi connectivity index (χ3v) is 5.45. The van der Waals surface area contributed by atoms with E-state index in [1.807, 2.05) is 5.32 Å².